The molecule has 0 atom stereocenters. The molecule has 1 aliphatic rings. The summed E-state index contributed by atoms with van der Waals surface area (Å²) in [5.74, 6) is 0.607. The van der Waals surface area contributed by atoms with E-state index in [1.54, 1.807) is 11.6 Å². The van der Waals surface area contributed by atoms with Gasteiger partial charge < -0.3 is 14.4 Å². The zero-order chi connectivity index (χ0) is 15.5. The van der Waals surface area contributed by atoms with Crippen LogP contribution in [-0.2, 0) is 20.8 Å². The highest BCUT2D eigenvalue weighted by Crippen LogP contribution is 2.33. The molecule has 0 saturated carbocycles. The second-order valence-corrected chi connectivity index (χ2v) is 5.87. The highest BCUT2D eigenvalue weighted by Gasteiger charge is 2.21. The lowest BCUT2D eigenvalue weighted by Gasteiger charge is -2.27. The van der Waals surface area contributed by atoms with Gasteiger partial charge in [-0.1, -0.05) is 6.07 Å². The van der Waals surface area contributed by atoms with Gasteiger partial charge in [0.15, 0.2) is 5.82 Å². The van der Waals surface area contributed by atoms with Crippen LogP contribution in [0.1, 0.15) is 6.92 Å². The third kappa shape index (κ3) is 2.96. The van der Waals surface area contributed by atoms with Crippen LogP contribution in [0.2, 0.25) is 0 Å². The molecule has 0 N–H and O–H groups in total. The summed E-state index contributed by atoms with van der Waals surface area (Å²) in [6.07, 6.45) is 0. The maximum absolute atomic E-state index is 11.8. The average Bonchev–Trinajstić information content (AvgIpc) is 2.89. The maximum atomic E-state index is 11.8. The van der Waals surface area contributed by atoms with Crippen molar-refractivity contribution in [3.05, 3.63) is 22.7 Å². The molecule has 2 aromatic rings. The Morgan fingerprint density at radius 3 is 2.91 bits per heavy atom. The van der Waals surface area contributed by atoms with E-state index < -0.39 is 0 Å². The lowest BCUT2D eigenvalue weighted by atomic mass is 10.2. The van der Waals surface area contributed by atoms with E-state index in [4.69, 9.17) is 9.47 Å². The number of hydrogen-bond donors (Lipinski definition) is 0. The number of aromatic nitrogens is 2. The molecule has 2 heterocycles. The van der Waals surface area contributed by atoms with Crippen LogP contribution in [0.25, 0.3) is 10.9 Å². The molecule has 0 aliphatic carbocycles. The van der Waals surface area contributed by atoms with Crippen molar-refractivity contribution in [1.82, 2.24) is 9.78 Å². The molecule has 0 spiro atoms. The Morgan fingerprint density at radius 2 is 2.18 bits per heavy atom. The molecule has 0 radical (unpaired) electrons. The quantitative estimate of drug-likeness (QED) is 0.775. The van der Waals surface area contributed by atoms with Crippen LogP contribution >= 0.6 is 15.9 Å². The van der Waals surface area contributed by atoms with Gasteiger partial charge in [-0.25, -0.2) is 0 Å². The Balaban J connectivity index is 2.02. The van der Waals surface area contributed by atoms with Crippen LogP contribution < -0.4 is 4.90 Å². The molecule has 1 saturated heterocycles. The van der Waals surface area contributed by atoms with E-state index in [9.17, 15) is 4.79 Å². The summed E-state index contributed by atoms with van der Waals surface area (Å²) in [7, 11) is 0. The van der Waals surface area contributed by atoms with E-state index in [1.807, 2.05) is 18.2 Å². The van der Waals surface area contributed by atoms with Gasteiger partial charge in [-0.2, -0.15) is 5.10 Å². The minimum absolute atomic E-state index is 0.116. The number of nitrogens with zero attached hydrogens (tertiary/aromatic N) is 3. The number of fused-ring (bicyclic) bond motifs is 1. The van der Waals surface area contributed by atoms with E-state index in [1.165, 1.54) is 0 Å². The van der Waals surface area contributed by atoms with Crippen LogP contribution in [-0.4, -0.2) is 48.7 Å². The Kier molecular flexibility index (Phi) is 4.63. The van der Waals surface area contributed by atoms with Crippen molar-refractivity contribution in [2.45, 2.75) is 13.5 Å². The number of halogens is 1. The maximum Gasteiger partial charge on any atom is 0.327 e. The molecule has 0 unspecified atom stereocenters. The van der Waals surface area contributed by atoms with Gasteiger partial charge in [0.05, 0.1) is 30.7 Å². The highest BCUT2D eigenvalue weighted by molar-refractivity contribution is 9.10. The van der Waals surface area contributed by atoms with Crippen LogP contribution in [0.5, 0.6) is 0 Å². The van der Waals surface area contributed by atoms with E-state index in [2.05, 4.69) is 25.9 Å². The summed E-state index contributed by atoms with van der Waals surface area (Å²) in [5, 5.41) is 5.67. The third-order valence-electron chi connectivity index (χ3n) is 3.60. The van der Waals surface area contributed by atoms with Crippen molar-refractivity contribution in [1.29, 1.82) is 0 Å². The fourth-order valence-electron chi connectivity index (χ4n) is 2.61. The number of benzene rings is 1. The summed E-state index contributed by atoms with van der Waals surface area (Å²) in [4.78, 5) is 14.0. The smallest absolute Gasteiger partial charge is 0.327 e. The van der Waals surface area contributed by atoms with Gasteiger partial charge in [0, 0.05) is 17.6 Å². The monoisotopic (exact) mass is 367 g/mol. The predicted octanol–water partition coefficient (Wildman–Crippen LogP) is 2.20. The largest absolute Gasteiger partial charge is 0.465 e. The van der Waals surface area contributed by atoms with E-state index in [-0.39, 0.29) is 12.5 Å². The van der Waals surface area contributed by atoms with Gasteiger partial charge >= 0.3 is 5.97 Å². The first kappa shape index (κ1) is 15.3. The molecule has 1 fully saturated rings. The van der Waals surface area contributed by atoms with Crippen molar-refractivity contribution >= 4 is 38.6 Å². The van der Waals surface area contributed by atoms with Gasteiger partial charge in [-0.3, -0.25) is 9.48 Å². The number of esters is 1. The summed E-state index contributed by atoms with van der Waals surface area (Å²) in [5.41, 5.74) is 0.920. The molecule has 118 valence electrons. The van der Waals surface area contributed by atoms with Crippen molar-refractivity contribution in [2.24, 2.45) is 0 Å². The van der Waals surface area contributed by atoms with E-state index in [0.29, 0.717) is 19.8 Å². The lowest BCUT2D eigenvalue weighted by Crippen LogP contribution is -2.36. The van der Waals surface area contributed by atoms with Crippen LogP contribution in [0.4, 0.5) is 5.82 Å². The molecule has 1 aromatic heterocycles. The van der Waals surface area contributed by atoms with Crippen molar-refractivity contribution < 1.29 is 14.3 Å². The number of hydrogen-bond acceptors (Lipinski definition) is 5. The fraction of sp³-hybridized carbons (Fsp3) is 0.467. The predicted molar refractivity (Wildman–Crippen MR) is 87.1 cm³/mol. The Morgan fingerprint density at radius 1 is 1.41 bits per heavy atom. The molecule has 7 heteroatoms. The number of ether oxygens (including phenoxy) is 2. The summed E-state index contributed by atoms with van der Waals surface area (Å²) < 4.78 is 13.1. The van der Waals surface area contributed by atoms with Crippen molar-refractivity contribution in [2.75, 3.05) is 37.8 Å². The first-order valence-electron chi connectivity index (χ1n) is 7.34. The first-order valence-corrected chi connectivity index (χ1v) is 8.13. The molecular weight excluding hydrogens is 350 g/mol. The highest BCUT2D eigenvalue weighted by atomic mass is 79.9. The SMILES string of the molecule is CCOC(=O)Cn1nc(N2CCOCC2)c2c(Br)cccc21. The summed E-state index contributed by atoms with van der Waals surface area (Å²) in [6, 6.07) is 5.90. The molecule has 0 bridgehead atoms. The third-order valence-corrected chi connectivity index (χ3v) is 4.26. The molecule has 3 rings (SSSR count). The molecule has 1 aliphatic heterocycles. The normalized spacial score (nSPS) is 15.3. The minimum atomic E-state index is -0.277. The van der Waals surface area contributed by atoms with Crippen molar-refractivity contribution in [3.63, 3.8) is 0 Å². The van der Waals surface area contributed by atoms with Crippen molar-refractivity contribution in [3.8, 4) is 0 Å². The topological polar surface area (TPSA) is 56.6 Å². The minimum Gasteiger partial charge on any atom is -0.465 e. The summed E-state index contributed by atoms with van der Waals surface area (Å²) in [6.45, 7) is 5.27. The molecule has 22 heavy (non-hydrogen) atoms. The van der Waals surface area contributed by atoms with Gasteiger partial charge in [0.1, 0.15) is 6.54 Å². The Bertz CT molecular complexity index is 680. The van der Waals surface area contributed by atoms with E-state index in [0.717, 1.165) is 34.3 Å². The van der Waals surface area contributed by atoms with E-state index >= 15 is 0 Å². The van der Waals surface area contributed by atoms with Crippen LogP contribution in [0.15, 0.2) is 22.7 Å². The van der Waals surface area contributed by atoms with Gasteiger partial charge in [0.2, 0.25) is 0 Å². The molecule has 6 nitrogen and oxygen atoms in total. The Labute approximate surface area is 137 Å². The van der Waals surface area contributed by atoms with Crippen LogP contribution in [0.3, 0.4) is 0 Å². The van der Waals surface area contributed by atoms with Gasteiger partial charge in [-0.05, 0) is 35.0 Å². The zero-order valence-electron chi connectivity index (χ0n) is 12.4. The molecule has 1 aromatic carbocycles. The zero-order valence-corrected chi connectivity index (χ0v) is 14.0. The second kappa shape index (κ2) is 6.66. The standard InChI is InChI=1S/C15H18BrN3O3/c1-2-22-13(20)10-19-12-5-3-4-11(16)14(12)15(17-19)18-6-8-21-9-7-18/h3-5H,2,6-10H2,1H3. The van der Waals surface area contributed by atoms with Crippen LogP contribution in [0, 0.1) is 0 Å². The second-order valence-electron chi connectivity index (χ2n) is 5.02. The van der Waals surface area contributed by atoms with Gasteiger partial charge in [0.25, 0.3) is 0 Å². The fourth-order valence-corrected chi connectivity index (χ4v) is 3.15. The number of carbonyl (C=O) groups excluding carboxylic acids is 1. The van der Waals surface area contributed by atoms with Gasteiger partial charge in [-0.15, -0.1) is 0 Å². The number of anilines is 1. The Hall–Kier alpha value is -1.60. The average molecular weight is 368 g/mol. The first-order chi connectivity index (χ1) is 10.7. The lowest BCUT2D eigenvalue weighted by molar-refractivity contribution is -0.143. The summed E-state index contributed by atoms with van der Waals surface area (Å²) >= 11 is 3.60. The number of morpholine rings is 1. The molecular formula is C15H18BrN3O3. The molecule has 0 amide bonds. The number of rotatable bonds is 4. The number of carbonyl (C=O) groups is 1.